The van der Waals surface area contributed by atoms with E-state index in [9.17, 15) is 14.4 Å². The number of carbonyl (C=O) groups is 1. The Balaban J connectivity index is 1.47. The van der Waals surface area contributed by atoms with Crippen molar-refractivity contribution < 1.29 is 18.3 Å². The van der Waals surface area contributed by atoms with Crippen molar-refractivity contribution in [2.75, 3.05) is 44.4 Å². The van der Waals surface area contributed by atoms with E-state index < -0.39 is 11.6 Å². The Morgan fingerprint density at radius 1 is 1.33 bits per heavy atom. The van der Waals surface area contributed by atoms with Crippen molar-refractivity contribution in [3.8, 4) is 17.3 Å². The standard InChI is InChI=1S/C26H24F2N8O2S/c1-31-18(37)9-35(2)12-3-4-36(8-12)26-33-6-14-15-10-38-11-16(15)19(21(28)22(14)34-26)23-20-13(5-29)25(30)39-24(20)17(27)7-32-23/h6-7,12H,3-4,8-11,30H2,1-2H3,(H,31,37)/t12-/m0/s1. The van der Waals surface area contributed by atoms with Crippen LogP contribution in [0.2, 0.25) is 0 Å². The van der Waals surface area contributed by atoms with Crippen molar-refractivity contribution >= 4 is 49.2 Å². The first-order chi connectivity index (χ1) is 18.8. The number of nitrogen functional groups attached to an aromatic ring is 1. The fraction of sp³-hybridized carbons (Fsp3) is 0.346. The maximum Gasteiger partial charge on any atom is 0.233 e. The van der Waals surface area contributed by atoms with E-state index in [0.717, 1.165) is 29.5 Å². The minimum Gasteiger partial charge on any atom is -0.389 e. The van der Waals surface area contributed by atoms with E-state index in [1.54, 1.807) is 13.2 Å². The molecule has 39 heavy (non-hydrogen) atoms. The smallest absolute Gasteiger partial charge is 0.233 e. The summed E-state index contributed by atoms with van der Waals surface area (Å²) in [6, 6.07) is 2.13. The highest BCUT2D eigenvalue weighted by atomic mass is 32.1. The van der Waals surface area contributed by atoms with Crippen LogP contribution in [0.25, 0.3) is 32.2 Å². The maximum absolute atomic E-state index is 16.5. The van der Waals surface area contributed by atoms with Crippen LogP contribution >= 0.6 is 11.3 Å². The van der Waals surface area contributed by atoms with Gasteiger partial charge in [-0.1, -0.05) is 0 Å². The number of fused-ring (bicyclic) bond motifs is 4. The van der Waals surface area contributed by atoms with Crippen molar-refractivity contribution in [1.29, 1.82) is 5.26 Å². The molecule has 2 aliphatic heterocycles. The van der Waals surface area contributed by atoms with Crippen LogP contribution in [0.3, 0.4) is 0 Å². The summed E-state index contributed by atoms with van der Waals surface area (Å²) in [5.74, 6) is -0.967. The molecule has 1 amide bonds. The van der Waals surface area contributed by atoms with Gasteiger partial charge in [0.1, 0.15) is 16.6 Å². The first-order valence-electron chi connectivity index (χ1n) is 12.3. The second-order valence-electron chi connectivity index (χ2n) is 9.66. The molecule has 1 atom stereocenters. The van der Waals surface area contributed by atoms with Gasteiger partial charge in [-0.05, 0) is 24.6 Å². The first-order valence-corrected chi connectivity index (χ1v) is 13.1. The van der Waals surface area contributed by atoms with E-state index >= 15 is 4.39 Å². The van der Waals surface area contributed by atoms with Crippen molar-refractivity contribution in [2.24, 2.45) is 0 Å². The largest absolute Gasteiger partial charge is 0.389 e. The van der Waals surface area contributed by atoms with Gasteiger partial charge in [0.25, 0.3) is 0 Å². The van der Waals surface area contributed by atoms with Crippen LogP contribution in [0.5, 0.6) is 0 Å². The fourth-order valence-corrected chi connectivity index (χ4v) is 6.33. The Morgan fingerprint density at radius 2 is 2.13 bits per heavy atom. The molecule has 1 saturated heterocycles. The number of benzene rings is 1. The zero-order valence-corrected chi connectivity index (χ0v) is 22.0. The molecular formula is C26H24F2N8O2S. The van der Waals surface area contributed by atoms with E-state index in [1.807, 2.05) is 22.9 Å². The number of nitrogens with zero attached hydrogens (tertiary/aromatic N) is 6. The number of hydrogen-bond acceptors (Lipinski definition) is 10. The highest BCUT2D eigenvalue weighted by Gasteiger charge is 2.32. The number of nitrogens with two attached hydrogens (primary N) is 1. The highest BCUT2D eigenvalue weighted by Crippen LogP contribution is 2.45. The third-order valence-corrected chi connectivity index (χ3v) is 8.50. The number of amides is 1. The van der Waals surface area contributed by atoms with E-state index in [4.69, 9.17) is 10.5 Å². The number of anilines is 2. The molecule has 0 saturated carbocycles. The molecule has 5 heterocycles. The lowest BCUT2D eigenvalue weighted by atomic mass is 9.94. The van der Waals surface area contributed by atoms with E-state index in [-0.39, 0.29) is 69.1 Å². The second kappa shape index (κ2) is 9.64. The van der Waals surface area contributed by atoms with Crippen molar-refractivity contribution in [3.05, 3.63) is 40.7 Å². The lowest BCUT2D eigenvalue weighted by molar-refractivity contribution is -0.121. The number of ether oxygens (including phenoxy) is 1. The van der Waals surface area contributed by atoms with Gasteiger partial charge >= 0.3 is 0 Å². The lowest BCUT2D eigenvalue weighted by Gasteiger charge is -2.24. The van der Waals surface area contributed by atoms with E-state index in [1.165, 1.54) is 0 Å². The van der Waals surface area contributed by atoms with Crippen molar-refractivity contribution in [3.63, 3.8) is 0 Å². The molecule has 0 radical (unpaired) electrons. The number of rotatable bonds is 5. The molecule has 200 valence electrons. The molecule has 0 unspecified atom stereocenters. The van der Waals surface area contributed by atoms with Crippen LogP contribution < -0.4 is 16.0 Å². The number of nitrogens with one attached hydrogen (secondary N) is 1. The molecule has 1 fully saturated rings. The van der Waals surface area contributed by atoms with Gasteiger partial charge in [0.05, 0.1) is 41.9 Å². The third kappa shape index (κ3) is 4.03. The van der Waals surface area contributed by atoms with Crippen LogP contribution in [0.15, 0.2) is 12.4 Å². The quantitative estimate of drug-likeness (QED) is 0.385. The number of likely N-dealkylation sites (N-methyl/N-ethyl adjacent to an activating group) is 2. The monoisotopic (exact) mass is 550 g/mol. The molecule has 6 rings (SSSR count). The molecule has 13 heteroatoms. The Morgan fingerprint density at radius 3 is 2.90 bits per heavy atom. The Kier molecular flexibility index (Phi) is 6.25. The number of hydrogen-bond donors (Lipinski definition) is 2. The number of nitriles is 1. The predicted octanol–water partition coefficient (Wildman–Crippen LogP) is 2.93. The molecule has 0 aliphatic carbocycles. The van der Waals surface area contributed by atoms with Crippen LogP contribution in [-0.2, 0) is 22.7 Å². The number of carbonyl (C=O) groups excluding carboxylic acids is 1. The van der Waals surface area contributed by atoms with Gasteiger partial charge in [0.2, 0.25) is 11.9 Å². The topological polar surface area (TPSA) is 133 Å². The average Bonchev–Trinajstić information content (AvgIpc) is 3.68. The summed E-state index contributed by atoms with van der Waals surface area (Å²) in [6.07, 6.45) is 3.43. The van der Waals surface area contributed by atoms with Gasteiger partial charge in [-0.25, -0.2) is 18.7 Å². The predicted molar refractivity (Wildman–Crippen MR) is 143 cm³/mol. The van der Waals surface area contributed by atoms with Crippen LogP contribution in [0.4, 0.5) is 19.7 Å². The summed E-state index contributed by atoms with van der Waals surface area (Å²) in [5.41, 5.74) is 7.74. The minimum absolute atomic E-state index is 0.0662. The minimum atomic E-state index is -0.639. The molecule has 1 aromatic carbocycles. The van der Waals surface area contributed by atoms with Crippen molar-refractivity contribution in [2.45, 2.75) is 25.7 Å². The summed E-state index contributed by atoms with van der Waals surface area (Å²) in [7, 11) is 3.49. The molecular weight excluding hydrogens is 526 g/mol. The van der Waals surface area contributed by atoms with Crippen LogP contribution in [0.1, 0.15) is 23.1 Å². The Labute approximate surface area is 226 Å². The van der Waals surface area contributed by atoms with Gasteiger partial charge in [-0.2, -0.15) is 5.26 Å². The van der Waals surface area contributed by atoms with Gasteiger partial charge in [0, 0.05) is 48.7 Å². The average molecular weight is 551 g/mol. The Bertz CT molecular complexity index is 1700. The molecule has 4 aromatic rings. The third-order valence-electron chi connectivity index (χ3n) is 7.47. The summed E-state index contributed by atoms with van der Waals surface area (Å²) in [4.78, 5) is 29.2. The summed E-state index contributed by atoms with van der Waals surface area (Å²) in [6.45, 7) is 1.87. The zero-order chi connectivity index (χ0) is 27.4. The molecule has 2 aliphatic rings. The Hall–Kier alpha value is -3.99. The molecule has 3 aromatic heterocycles. The van der Waals surface area contributed by atoms with Gasteiger partial charge in [-0.15, -0.1) is 11.3 Å². The zero-order valence-electron chi connectivity index (χ0n) is 21.2. The molecule has 10 nitrogen and oxygen atoms in total. The number of pyridine rings is 1. The van der Waals surface area contributed by atoms with E-state index in [0.29, 0.717) is 30.0 Å². The number of aromatic nitrogens is 3. The van der Waals surface area contributed by atoms with Gasteiger partial charge < -0.3 is 20.7 Å². The SMILES string of the molecule is CNC(=O)CN(C)[C@H]1CCN(c2ncc3c4c(c(-c5ncc(F)c6sc(N)c(C#N)c56)c(F)c3n2)COC4)C1. The molecule has 0 spiro atoms. The highest BCUT2D eigenvalue weighted by molar-refractivity contribution is 7.23. The second-order valence-corrected chi connectivity index (χ2v) is 10.7. The van der Waals surface area contributed by atoms with Crippen molar-refractivity contribution in [1.82, 2.24) is 25.2 Å². The first kappa shape index (κ1) is 25.3. The van der Waals surface area contributed by atoms with Gasteiger partial charge in [0.15, 0.2) is 11.6 Å². The normalized spacial score (nSPS) is 16.8. The summed E-state index contributed by atoms with van der Waals surface area (Å²) in [5, 5.41) is 13.2. The van der Waals surface area contributed by atoms with Crippen LogP contribution in [0, 0.1) is 23.0 Å². The summed E-state index contributed by atoms with van der Waals surface area (Å²) < 4.78 is 37.0. The maximum atomic E-state index is 16.5. The molecule has 0 bridgehead atoms. The van der Waals surface area contributed by atoms with Crippen LogP contribution in [-0.4, -0.2) is 65.5 Å². The van der Waals surface area contributed by atoms with E-state index in [2.05, 4.69) is 20.3 Å². The summed E-state index contributed by atoms with van der Waals surface area (Å²) >= 11 is 0.933. The number of thiophene rings is 1. The fourth-order valence-electron chi connectivity index (χ4n) is 5.41. The molecule has 3 N–H and O–H groups in total. The van der Waals surface area contributed by atoms with Gasteiger partial charge in [-0.3, -0.25) is 14.7 Å². The number of halogens is 2. The lowest BCUT2D eigenvalue weighted by Crippen LogP contribution is -2.41.